The standard InChI is InChI=1S/C17H16N2O5S/c1-11-13-5-3-4-6-15(13)24-16(11)10-18-14-8-7-12(19(20)21)9-17(14)25(2,22)23/h3-9,18H,10H2,1-2H3. The van der Waals surface area contributed by atoms with Crippen LogP contribution in [0.4, 0.5) is 11.4 Å². The highest BCUT2D eigenvalue weighted by Gasteiger charge is 2.19. The first-order valence-corrected chi connectivity index (χ1v) is 9.36. The molecule has 3 aromatic rings. The quantitative estimate of drug-likeness (QED) is 0.550. The molecule has 25 heavy (non-hydrogen) atoms. The van der Waals surface area contributed by atoms with E-state index in [1.807, 2.05) is 31.2 Å². The maximum absolute atomic E-state index is 12.0. The summed E-state index contributed by atoms with van der Waals surface area (Å²) in [6.45, 7) is 2.19. The van der Waals surface area contributed by atoms with Crippen molar-refractivity contribution in [3.05, 3.63) is 63.9 Å². The third-order valence-electron chi connectivity index (χ3n) is 3.96. The average molecular weight is 360 g/mol. The fourth-order valence-corrected chi connectivity index (χ4v) is 3.52. The second-order valence-corrected chi connectivity index (χ2v) is 7.69. The molecule has 1 N–H and O–H groups in total. The minimum absolute atomic E-state index is 0.115. The van der Waals surface area contributed by atoms with Gasteiger partial charge < -0.3 is 9.73 Å². The Kier molecular flexibility index (Phi) is 4.22. The number of para-hydroxylation sites is 1. The van der Waals surface area contributed by atoms with E-state index in [-0.39, 0.29) is 17.1 Å². The van der Waals surface area contributed by atoms with Gasteiger partial charge in [-0.25, -0.2) is 8.42 Å². The summed E-state index contributed by atoms with van der Waals surface area (Å²) >= 11 is 0. The Bertz CT molecular complexity index is 1070. The van der Waals surface area contributed by atoms with Crippen molar-refractivity contribution in [3.63, 3.8) is 0 Å². The number of anilines is 1. The van der Waals surface area contributed by atoms with Gasteiger partial charge in [0.15, 0.2) is 9.84 Å². The van der Waals surface area contributed by atoms with Crippen LogP contribution in [0.3, 0.4) is 0 Å². The van der Waals surface area contributed by atoms with Gasteiger partial charge in [-0.2, -0.15) is 0 Å². The molecule has 1 aromatic heterocycles. The molecule has 3 rings (SSSR count). The molecule has 0 aliphatic rings. The number of rotatable bonds is 5. The molecule has 0 saturated carbocycles. The molecule has 0 fully saturated rings. The van der Waals surface area contributed by atoms with Crippen molar-refractivity contribution in [2.75, 3.05) is 11.6 Å². The number of non-ortho nitro benzene ring substituents is 1. The van der Waals surface area contributed by atoms with Gasteiger partial charge in [0.2, 0.25) is 0 Å². The number of nitro benzene ring substituents is 1. The highest BCUT2D eigenvalue weighted by molar-refractivity contribution is 7.90. The predicted octanol–water partition coefficient (Wildman–Crippen LogP) is 3.67. The Morgan fingerprint density at radius 2 is 1.92 bits per heavy atom. The van der Waals surface area contributed by atoms with Crippen LogP contribution in [0.15, 0.2) is 51.8 Å². The Hall–Kier alpha value is -2.87. The molecule has 0 aliphatic carbocycles. The van der Waals surface area contributed by atoms with Gasteiger partial charge in [0, 0.05) is 29.3 Å². The maximum Gasteiger partial charge on any atom is 0.270 e. The van der Waals surface area contributed by atoms with E-state index in [1.165, 1.54) is 12.1 Å². The van der Waals surface area contributed by atoms with Crippen molar-refractivity contribution in [3.8, 4) is 0 Å². The first-order valence-electron chi connectivity index (χ1n) is 7.47. The Morgan fingerprint density at radius 1 is 1.20 bits per heavy atom. The summed E-state index contributed by atoms with van der Waals surface area (Å²) in [5.41, 5.74) is 1.74. The molecule has 1 heterocycles. The molecule has 0 unspecified atom stereocenters. The lowest BCUT2D eigenvalue weighted by atomic mass is 10.1. The zero-order valence-corrected chi connectivity index (χ0v) is 14.5. The van der Waals surface area contributed by atoms with Gasteiger partial charge in [0.05, 0.1) is 22.1 Å². The Labute approximate surface area is 144 Å². The molecule has 0 atom stereocenters. The summed E-state index contributed by atoms with van der Waals surface area (Å²) in [7, 11) is -3.63. The molecule has 0 saturated heterocycles. The topological polar surface area (TPSA) is 102 Å². The fraction of sp³-hybridized carbons (Fsp3) is 0.176. The molecule has 2 aromatic carbocycles. The summed E-state index contributed by atoms with van der Waals surface area (Å²) < 4.78 is 29.7. The highest BCUT2D eigenvalue weighted by Crippen LogP contribution is 2.29. The van der Waals surface area contributed by atoms with Crippen LogP contribution in [0.25, 0.3) is 11.0 Å². The summed E-state index contributed by atoms with van der Waals surface area (Å²) in [4.78, 5) is 10.2. The summed E-state index contributed by atoms with van der Waals surface area (Å²) in [5.74, 6) is 0.680. The molecule has 0 amide bonds. The number of fused-ring (bicyclic) bond motifs is 1. The van der Waals surface area contributed by atoms with Crippen LogP contribution in [-0.2, 0) is 16.4 Å². The van der Waals surface area contributed by atoms with Gasteiger partial charge in [-0.15, -0.1) is 0 Å². The normalized spacial score (nSPS) is 11.6. The first kappa shape index (κ1) is 17.0. The van der Waals surface area contributed by atoms with Gasteiger partial charge in [0.25, 0.3) is 5.69 Å². The monoisotopic (exact) mass is 360 g/mol. The molecule has 0 bridgehead atoms. The second-order valence-electron chi connectivity index (χ2n) is 5.71. The number of sulfone groups is 1. The van der Waals surface area contributed by atoms with Gasteiger partial charge >= 0.3 is 0 Å². The van der Waals surface area contributed by atoms with Crippen molar-refractivity contribution in [2.45, 2.75) is 18.4 Å². The minimum Gasteiger partial charge on any atom is -0.459 e. The average Bonchev–Trinajstić information content (AvgIpc) is 2.88. The van der Waals surface area contributed by atoms with Crippen LogP contribution in [0.1, 0.15) is 11.3 Å². The lowest BCUT2D eigenvalue weighted by Gasteiger charge is -2.10. The largest absolute Gasteiger partial charge is 0.459 e. The van der Waals surface area contributed by atoms with Crippen molar-refractivity contribution in [1.29, 1.82) is 0 Å². The van der Waals surface area contributed by atoms with E-state index in [2.05, 4.69) is 5.32 Å². The summed E-state index contributed by atoms with van der Waals surface area (Å²) in [5, 5.41) is 14.9. The third-order valence-corrected chi connectivity index (χ3v) is 5.09. The number of benzene rings is 2. The molecule has 0 aliphatic heterocycles. The number of nitro groups is 1. The third kappa shape index (κ3) is 3.34. The van der Waals surface area contributed by atoms with E-state index in [4.69, 9.17) is 4.42 Å². The first-order chi connectivity index (χ1) is 11.8. The summed E-state index contributed by atoms with van der Waals surface area (Å²) in [6.07, 6.45) is 1.02. The maximum atomic E-state index is 12.0. The molecule has 130 valence electrons. The number of aryl methyl sites for hydroxylation is 1. The lowest BCUT2D eigenvalue weighted by molar-refractivity contribution is -0.385. The number of furan rings is 1. The summed E-state index contributed by atoms with van der Waals surface area (Å²) in [6, 6.07) is 11.3. The highest BCUT2D eigenvalue weighted by atomic mass is 32.2. The fourth-order valence-electron chi connectivity index (χ4n) is 2.65. The van der Waals surface area contributed by atoms with Crippen LogP contribution in [0.2, 0.25) is 0 Å². The molecule has 0 radical (unpaired) electrons. The van der Waals surface area contributed by atoms with Crippen LogP contribution in [0, 0.1) is 17.0 Å². The van der Waals surface area contributed by atoms with Crippen LogP contribution in [0.5, 0.6) is 0 Å². The van der Waals surface area contributed by atoms with Gasteiger partial charge in [-0.1, -0.05) is 18.2 Å². The molecular weight excluding hydrogens is 344 g/mol. The van der Waals surface area contributed by atoms with Crippen LogP contribution >= 0.6 is 0 Å². The van der Waals surface area contributed by atoms with E-state index in [1.54, 1.807) is 0 Å². The van der Waals surface area contributed by atoms with Gasteiger partial charge in [-0.3, -0.25) is 10.1 Å². The van der Waals surface area contributed by atoms with E-state index in [0.717, 1.165) is 28.9 Å². The lowest BCUT2D eigenvalue weighted by Crippen LogP contribution is -2.07. The minimum atomic E-state index is -3.63. The zero-order valence-electron chi connectivity index (χ0n) is 13.6. The SMILES string of the molecule is Cc1c(CNc2ccc([N+](=O)[O-])cc2S(C)(=O)=O)oc2ccccc12. The Morgan fingerprint density at radius 3 is 2.56 bits per heavy atom. The Balaban J connectivity index is 1.94. The van der Waals surface area contributed by atoms with Crippen molar-refractivity contribution in [2.24, 2.45) is 0 Å². The molecule has 0 spiro atoms. The van der Waals surface area contributed by atoms with Gasteiger partial charge in [-0.05, 0) is 19.1 Å². The van der Waals surface area contributed by atoms with E-state index in [0.29, 0.717) is 11.4 Å². The number of nitrogens with one attached hydrogen (secondary N) is 1. The van der Waals surface area contributed by atoms with Crippen molar-refractivity contribution >= 4 is 32.2 Å². The molecular formula is C17H16N2O5S. The zero-order chi connectivity index (χ0) is 18.2. The van der Waals surface area contributed by atoms with Crippen molar-refractivity contribution in [1.82, 2.24) is 0 Å². The smallest absolute Gasteiger partial charge is 0.270 e. The molecule has 7 nitrogen and oxygen atoms in total. The number of hydrogen-bond acceptors (Lipinski definition) is 6. The van der Waals surface area contributed by atoms with Crippen LogP contribution in [-0.4, -0.2) is 19.6 Å². The van der Waals surface area contributed by atoms with Gasteiger partial charge in [0.1, 0.15) is 11.3 Å². The van der Waals surface area contributed by atoms with E-state index in [9.17, 15) is 18.5 Å². The van der Waals surface area contributed by atoms with Crippen molar-refractivity contribution < 1.29 is 17.8 Å². The predicted molar refractivity (Wildman–Crippen MR) is 94.5 cm³/mol. The van der Waals surface area contributed by atoms with E-state index >= 15 is 0 Å². The molecule has 8 heteroatoms. The second kappa shape index (κ2) is 6.21. The van der Waals surface area contributed by atoms with E-state index < -0.39 is 14.8 Å². The van der Waals surface area contributed by atoms with Crippen LogP contribution < -0.4 is 5.32 Å². The number of hydrogen-bond donors (Lipinski definition) is 1. The number of nitrogens with zero attached hydrogens (tertiary/aromatic N) is 1.